The standard InChI is InChI=1S/C29H23BN2/c1-20-26(17-15-24-11-7-5-8-12-24)22(3)31-28(20)19-29-21(2)27(23(4)32(29)30-31)18-16-25-13-9-6-10-14-25/h5-14,19H,1-4H3/q+1. The predicted molar refractivity (Wildman–Crippen MR) is 132 cm³/mol. The minimum absolute atomic E-state index is 1.03. The molecule has 2 aliphatic rings. The van der Waals surface area contributed by atoms with Gasteiger partial charge in [-0.05, 0) is 50.6 Å². The number of allylic oxidation sites excluding steroid dienone is 2. The van der Waals surface area contributed by atoms with Crippen molar-refractivity contribution in [3.8, 4) is 23.7 Å². The molecule has 0 bridgehead atoms. The van der Waals surface area contributed by atoms with Gasteiger partial charge in [-0.1, -0.05) is 60.1 Å². The van der Waals surface area contributed by atoms with Crippen molar-refractivity contribution in [2.75, 3.05) is 0 Å². The number of nitrogens with zero attached hydrogens (tertiary/aromatic N) is 2. The second-order valence-corrected chi connectivity index (χ2v) is 8.17. The van der Waals surface area contributed by atoms with Crippen LogP contribution >= 0.6 is 0 Å². The second kappa shape index (κ2) is 7.95. The molecule has 1 aromatic heterocycles. The Bertz CT molecular complexity index is 1460. The topological polar surface area (TPSA) is 7.94 Å². The summed E-state index contributed by atoms with van der Waals surface area (Å²) in [6.45, 7) is 8.61. The van der Waals surface area contributed by atoms with Crippen LogP contribution in [-0.4, -0.2) is 22.2 Å². The highest BCUT2D eigenvalue weighted by Crippen LogP contribution is 2.33. The van der Waals surface area contributed by atoms with Crippen molar-refractivity contribution in [1.82, 2.24) is 4.48 Å². The molecular weight excluding hydrogens is 387 g/mol. The van der Waals surface area contributed by atoms with E-state index in [9.17, 15) is 0 Å². The fourth-order valence-electron chi connectivity index (χ4n) is 4.34. The van der Waals surface area contributed by atoms with Crippen LogP contribution in [0.4, 0.5) is 0 Å². The van der Waals surface area contributed by atoms with Crippen LogP contribution in [0.2, 0.25) is 0 Å². The lowest BCUT2D eigenvalue weighted by Gasteiger charge is -2.12. The maximum absolute atomic E-state index is 3.41. The van der Waals surface area contributed by atoms with Gasteiger partial charge in [0.15, 0.2) is 11.4 Å². The third-order valence-electron chi connectivity index (χ3n) is 6.20. The minimum atomic E-state index is 1.03. The van der Waals surface area contributed by atoms with Crippen LogP contribution in [0, 0.1) is 37.5 Å². The quantitative estimate of drug-likeness (QED) is 0.360. The Balaban J connectivity index is 1.55. The number of rotatable bonds is 0. The minimum Gasteiger partial charge on any atom is -0.321 e. The van der Waals surface area contributed by atoms with Gasteiger partial charge >= 0.3 is 7.55 Å². The molecule has 0 fully saturated rings. The van der Waals surface area contributed by atoms with Crippen LogP contribution in [0.25, 0.3) is 6.08 Å². The molecule has 0 saturated heterocycles. The Hall–Kier alpha value is -3.95. The van der Waals surface area contributed by atoms with Crippen LogP contribution in [-0.2, 0) is 0 Å². The van der Waals surface area contributed by atoms with Crippen molar-refractivity contribution in [2.45, 2.75) is 27.7 Å². The summed E-state index contributed by atoms with van der Waals surface area (Å²) >= 11 is 0. The van der Waals surface area contributed by atoms with E-state index in [0.717, 1.165) is 33.7 Å². The lowest BCUT2D eigenvalue weighted by molar-refractivity contribution is -0.314. The van der Waals surface area contributed by atoms with Gasteiger partial charge < -0.3 is 4.48 Å². The number of benzene rings is 2. The molecule has 3 heterocycles. The van der Waals surface area contributed by atoms with Crippen molar-refractivity contribution in [3.05, 3.63) is 111 Å². The fraction of sp³-hybridized carbons (Fsp3) is 0.138. The molecular formula is C29H23BN2+. The average molecular weight is 410 g/mol. The first-order chi connectivity index (χ1) is 15.5. The molecule has 3 heteroatoms. The van der Waals surface area contributed by atoms with Crippen molar-refractivity contribution in [3.63, 3.8) is 0 Å². The molecule has 0 atom stereocenters. The van der Waals surface area contributed by atoms with Gasteiger partial charge in [0.25, 0.3) is 0 Å². The summed E-state index contributed by atoms with van der Waals surface area (Å²) in [4.78, 5) is 0. The lowest BCUT2D eigenvalue weighted by Crippen LogP contribution is -2.30. The maximum atomic E-state index is 3.41. The number of fused-ring (bicyclic) bond motifs is 2. The number of hydrogen-bond donors (Lipinski definition) is 0. The zero-order chi connectivity index (χ0) is 22.2. The Morgan fingerprint density at radius 2 is 1.34 bits per heavy atom. The predicted octanol–water partition coefficient (Wildman–Crippen LogP) is 5.10. The summed E-state index contributed by atoms with van der Waals surface area (Å²) in [5.41, 5.74) is 11.4. The van der Waals surface area contributed by atoms with Crippen LogP contribution in [0.3, 0.4) is 0 Å². The maximum Gasteiger partial charge on any atom is 0.700 e. The molecule has 3 aromatic rings. The molecule has 2 aliphatic heterocycles. The van der Waals surface area contributed by atoms with E-state index in [1.165, 1.54) is 22.5 Å². The Labute approximate surface area is 190 Å². The molecule has 32 heavy (non-hydrogen) atoms. The highest BCUT2D eigenvalue weighted by molar-refractivity contribution is 6.29. The van der Waals surface area contributed by atoms with Gasteiger partial charge in [-0.3, -0.25) is 4.49 Å². The van der Waals surface area contributed by atoms with Gasteiger partial charge in [0.2, 0.25) is 0 Å². The summed E-state index contributed by atoms with van der Waals surface area (Å²) in [5, 5.41) is 0. The molecule has 1 radical (unpaired) electrons. The molecule has 0 N–H and O–H groups in total. The van der Waals surface area contributed by atoms with E-state index in [2.05, 4.69) is 74.0 Å². The zero-order valence-corrected chi connectivity index (χ0v) is 18.8. The van der Waals surface area contributed by atoms with Crippen molar-refractivity contribution in [1.29, 1.82) is 0 Å². The molecule has 0 unspecified atom stereocenters. The van der Waals surface area contributed by atoms with Gasteiger partial charge in [0.1, 0.15) is 0 Å². The largest absolute Gasteiger partial charge is 0.700 e. The van der Waals surface area contributed by atoms with Gasteiger partial charge in [-0.15, -0.1) is 0 Å². The molecule has 2 nitrogen and oxygen atoms in total. The van der Waals surface area contributed by atoms with Crippen LogP contribution in [0.1, 0.15) is 47.5 Å². The van der Waals surface area contributed by atoms with Gasteiger partial charge in [-0.2, -0.15) is 0 Å². The SMILES string of the molecule is CC1=C(C#Cc2ccccc2)C(C)=[N+]2[B]n3c(C)c(C#Cc4ccccc4)c(C)c3C=C12. The van der Waals surface area contributed by atoms with Crippen LogP contribution < -0.4 is 0 Å². The highest BCUT2D eigenvalue weighted by Gasteiger charge is 2.39. The summed E-state index contributed by atoms with van der Waals surface area (Å²) in [7, 11) is 2.18. The Kier molecular flexibility index (Phi) is 4.97. The van der Waals surface area contributed by atoms with E-state index in [1.807, 2.05) is 60.7 Å². The normalized spacial score (nSPS) is 13.9. The Morgan fingerprint density at radius 3 is 1.97 bits per heavy atom. The van der Waals surface area contributed by atoms with Crippen molar-refractivity contribution in [2.24, 2.45) is 0 Å². The number of hydrogen-bond acceptors (Lipinski definition) is 0. The third kappa shape index (κ3) is 3.33. The molecule has 0 spiro atoms. The van der Waals surface area contributed by atoms with Crippen LogP contribution in [0.5, 0.6) is 0 Å². The zero-order valence-electron chi connectivity index (χ0n) is 18.8. The molecule has 5 rings (SSSR count). The monoisotopic (exact) mass is 410 g/mol. The molecule has 0 amide bonds. The van der Waals surface area contributed by atoms with Crippen molar-refractivity contribution < 1.29 is 4.49 Å². The van der Waals surface area contributed by atoms with E-state index in [-0.39, 0.29) is 0 Å². The van der Waals surface area contributed by atoms with Gasteiger partial charge in [0.05, 0.1) is 5.57 Å². The lowest BCUT2D eigenvalue weighted by atomic mass is 10.00. The van der Waals surface area contributed by atoms with Crippen LogP contribution in [0.15, 0.2) is 77.5 Å². The molecule has 151 valence electrons. The van der Waals surface area contributed by atoms with Crippen molar-refractivity contribution >= 4 is 19.3 Å². The average Bonchev–Trinajstić information content (AvgIpc) is 3.20. The molecule has 0 saturated carbocycles. The number of aromatic nitrogens is 1. The van der Waals surface area contributed by atoms with E-state index < -0.39 is 0 Å². The molecule has 0 aliphatic carbocycles. The van der Waals surface area contributed by atoms with E-state index in [4.69, 9.17) is 0 Å². The fourth-order valence-corrected chi connectivity index (χ4v) is 4.34. The smallest absolute Gasteiger partial charge is 0.321 e. The summed E-state index contributed by atoms with van der Waals surface area (Å²) < 4.78 is 4.50. The summed E-state index contributed by atoms with van der Waals surface area (Å²) in [6.07, 6.45) is 2.27. The summed E-state index contributed by atoms with van der Waals surface area (Å²) in [6, 6.07) is 20.3. The second-order valence-electron chi connectivity index (χ2n) is 8.17. The van der Waals surface area contributed by atoms with E-state index >= 15 is 0 Å². The summed E-state index contributed by atoms with van der Waals surface area (Å²) in [5.74, 6) is 13.5. The first-order valence-electron chi connectivity index (χ1n) is 10.8. The van der Waals surface area contributed by atoms with Gasteiger partial charge in [-0.25, -0.2) is 0 Å². The van der Waals surface area contributed by atoms with E-state index in [1.54, 1.807) is 0 Å². The molecule has 2 aromatic carbocycles. The first kappa shape index (κ1) is 20.0. The first-order valence-corrected chi connectivity index (χ1v) is 10.8. The Morgan fingerprint density at radius 1 is 0.750 bits per heavy atom. The van der Waals surface area contributed by atoms with Gasteiger partial charge in [0, 0.05) is 46.7 Å². The van der Waals surface area contributed by atoms with E-state index in [0.29, 0.717) is 0 Å². The highest BCUT2D eigenvalue weighted by atomic mass is 15.1. The third-order valence-corrected chi connectivity index (χ3v) is 6.20.